The molecule has 0 aromatic heterocycles. The summed E-state index contributed by atoms with van der Waals surface area (Å²) in [5, 5.41) is 3.26. The van der Waals surface area contributed by atoms with Gasteiger partial charge in [0.15, 0.2) is 0 Å². The first-order valence-electron chi connectivity index (χ1n) is 11.4. The number of imide groups is 2. The van der Waals surface area contributed by atoms with E-state index in [2.05, 4.69) is 5.32 Å². The molecule has 0 saturated carbocycles. The average molecular weight is 523 g/mol. The molecular formula is C28H24Cl2N2O4. The fourth-order valence-corrected chi connectivity index (χ4v) is 4.41. The van der Waals surface area contributed by atoms with Crippen molar-refractivity contribution >= 4 is 52.8 Å². The van der Waals surface area contributed by atoms with Crippen LogP contribution in [0.15, 0.2) is 60.2 Å². The van der Waals surface area contributed by atoms with E-state index in [0.717, 1.165) is 27.2 Å². The highest BCUT2D eigenvalue weighted by molar-refractivity contribution is 6.39. The molecule has 1 saturated heterocycles. The second kappa shape index (κ2) is 10.6. The predicted octanol–water partition coefficient (Wildman–Crippen LogP) is 6.27. The maximum Gasteiger partial charge on any atom is 0.335 e. The maximum atomic E-state index is 13.3. The van der Waals surface area contributed by atoms with E-state index in [1.165, 1.54) is 6.08 Å². The van der Waals surface area contributed by atoms with Crippen LogP contribution in [0.2, 0.25) is 10.0 Å². The lowest BCUT2D eigenvalue weighted by Crippen LogP contribution is -2.54. The number of hydrogen-bond donors (Lipinski definition) is 1. The van der Waals surface area contributed by atoms with Crippen molar-refractivity contribution in [2.45, 2.75) is 27.2 Å². The van der Waals surface area contributed by atoms with Crippen LogP contribution in [0.25, 0.3) is 6.08 Å². The number of carbonyl (C=O) groups excluding carboxylic acids is 3. The van der Waals surface area contributed by atoms with Crippen LogP contribution in [0.3, 0.4) is 0 Å². The summed E-state index contributed by atoms with van der Waals surface area (Å²) in [5.41, 5.74) is 4.23. The number of ether oxygens (including phenoxy) is 1. The molecule has 1 heterocycles. The number of anilines is 1. The second-order valence-electron chi connectivity index (χ2n) is 8.41. The average Bonchev–Trinajstić information content (AvgIpc) is 2.82. The molecule has 0 bridgehead atoms. The number of halogens is 2. The van der Waals surface area contributed by atoms with E-state index >= 15 is 0 Å². The minimum atomic E-state index is -0.798. The molecule has 4 rings (SSSR count). The van der Waals surface area contributed by atoms with Crippen molar-refractivity contribution in [2.24, 2.45) is 0 Å². The Morgan fingerprint density at radius 1 is 0.944 bits per heavy atom. The van der Waals surface area contributed by atoms with Crippen LogP contribution >= 0.6 is 23.2 Å². The first-order chi connectivity index (χ1) is 17.2. The minimum absolute atomic E-state index is 0.190. The molecule has 8 heteroatoms. The molecule has 1 fully saturated rings. The Balaban J connectivity index is 1.73. The molecule has 0 radical (unpaired) electrons. The molecule has 0 unspecified atom stereocenters. The standard InChI is InChI=1S/C28H24Cl2N2O4/c1-4-36-25-14-18(13-24(30)21(25)15-19-7-5-6-8-23(19)29)12-22-26(33)31-28(35)32(27(22)34)20-10-9-16(2)17(3)11-20/h5-14H,4,15H2,1-3H3,(H,31,33,35)/b22-12+. The van der Waals surface area contributed by atoms with Crippen LogP contribution in [0, 0.1) is 13.8 Å². The summed E-state index contributed by atoms with van der Waals surface area (Å²) >= 11 is 13.0. The van der Waals surface area contributed by atoms with Gasteiger partial charge in [-0.1, -0.05) is 47.5 Å². The Hall–Kier alpha value is -3.61. The molecule has 1 aliphatic heterocycles. The van der Waals surface area contributed by atoms with Gasteiger partial charge in [-0.05, 0) is 79.4 Å². The number of barbiturate groups is 1. The molecule has 1 N–H and O–H groups in total. The Morgan fingerprint density at radius 2 is 1.69 bits per heavy atom. The van der Waals surface area contributed by atoms with Crippen molar-refractivity contribution in [2.75, 3.05) is 11.5 Å². The molecule has 0 spiro atoms. The zero-order valence-electron chi connectivity index (χ0n) is 20.0. The summed E-state index contributed by atoms with van der Waals surface area (Å²) in [6.07, 6.45) is 1.85. The van der Waals surface area contributed by atoms with E-state index in [0.29, 0.717) is 40.1 Å². The number of hydrogen-bond acceptors (Lipinski definition) is 4. The molecule has 184 valence electrons. The van der Waals surface area contributed by atoms with E-state index in [-0.39, 0.29) is 5.57 Å². The third kappa shape index (κ3) is 5.15. The monoisotopic (exact) mass is 522 g/mol. The molecular weight excluding hydrogens is 499 g/mol. The van der Waals surface area contributed by atoms with Gasteiger partial charge in [0.2, 0.25) is 0 Å². The first kappa shape index (κ1) is 25.5. The van der Waals surface area contributed by atoms with Gasteiger partial charge >= 0.3 is 6.03 Å². The molecule has 0 aliphatic carbocycles. The van der Waals surface area contributed by atoms with Gasteiger partial charge < -0.3 is 4.74 Å². The number of carbonyl (C=O) groups is 3. The number of amides is 4. The van der Waals surface area contributed by atoms with Crippen molar-refractivity contribution < 1.29 is 19.1 Å². The number of nitrogens with one attached hydrogen (secondary N) is 1. The zero-order chi connectivity index (χ0) is 26.0. The van der Waals surface area contributed by atoms with E-state index in [1.54, 1.807) is 30.3 Å². The highest BCUT2D eigenvalue weighted by atomic mass is 35.5. The van der Waals surface area contributed by atoms with Crippen molar-refractivity contribution in [1.82, 2.24) is 5.32 Å². The number of urea groups is 1. The topological polar surface area (TPSA) is 75.7 Å². The van der Waals surface area contributed by atoms with Crippen molar-refractivity contribution in [3.8, 4) is 5.75 Å². The highest BCUT2D eigenvalue weighted by Crippen LogP contribution is 2.34. The third-order valence-electron chi connectivity index (χ3n) is 5.96. The molecule has 3 aromatic carbocycles. The summed E-state index contributed by atoms with van der Waals surface area (Å²) in [6.45, 7) is 6.06. The van der Waals surface area contributed by atoms with Crippen LogP contribution in [0.1, 0.15) is 34.7 Å². The van der Waals surface area contributed by atoms with E-state index in [1.807, 2.05) is 45.0 Å². The third-order valence-corrected chi connectivity index (χ3v) is 6.67. The minimum Gasteiger partial charge on any atom is -0.494 e. The van der Waals surface area contributed by atoms with Crippen molar-refractivity contribution in [3.63, 3.8) is 0 Å². The van der Waals surface area contributed by atoms with E-state index in [4.69, 9.17) is 27.9 Å². The van der Waals surface area contributed by atoms with Crippen LogP contribution in [0.4, 0.5) is 10.5 Å². The summed E-state index contributed by atoms with van der Waals surface area (Å²) in [5.74, 6) is -0.983. The van der Waals surface area contributed by atoms with Crippen LogP contribution in [0.5, 0.6) is 5.75 Å². The van der Waals surface area contributed by atoms with Crippen molar-refractivity contribution in [3.05, 3.63) is 98.0 Å². The lowest BCUT2D eigenvalue weighted by Gasteiger charge is -2.27. The number of nitrogens with zero attached hydrogens (tertiary/aromatic N) is 1. The van der Waals surface area contributed by atoms with Crippen LogP contribution in [-0.2, 0) is 16.0 Å². The van der Waals surface area contributed by atoms with E-state index < -0.39 is 17.8 Å². The predicted molar refractivity (Wildman–Crippen MR) is 142 cm³/mol. The van der Waals surface area contributed by atoms with Gasteiger partial charge in [-0.3, -0.25) is 14.9 Å². The highest BCUT2D eigenvalue weighted by Gasteiger charge is 2.37. The largest absolute Gasteiger partial charge is 0.494 e. The van der Waals surface area contributed by atoms with Gasteiger partial charge in [-0.25, -0.2) is 9.69 Å². The van der Waals surface area contributed by atoms with Gasteiger partial charge in [0, 0.05) is 22.0 Å². The fraction of sp³-hybridized carbons (Fsp3) is 0.179. The van der Waals surface area contributed by atoms with Gasteiger partial charge in [0.1, 0.15) is 11.3 Å². The smallest absolute Gasteiger partial charge is 0.335 e. The number of rotatable bonds is 6. The Bertz CT molecular complexity index is 1410. The fourth-order valence-electron chi connectivity index (χ4n) is 3.93. The van der Waals surface area contributed by atoms with Gasteiger partial charge in [0.25, 0.3) is 11.8 Å². The zero-order valence-corrected chi connectivity index (χ0v) is 21.5. The molecule has 4 amide bonds. The summed E-state index contributed by atoms with van der Waals surface area (Å²) < 4.78 is 5.84. The van der Waals surface area contributed by atoms with Gasteiger partial charge in [0.05, 0.1) is 12.3 Å². The Morgan fingerprint density at radius 3 is 2.39 bits per heavy atom. The van der Waals surface area contributed by atoms with Gasteiger partial charge in [-0.15, -0.1) is 0 Å². The van der Waals surface area contributed by atoms with Gasteiger partial charge in [-0.2, -0.15) is 0 Å². The summed E-state index contributed by atoms with van der Waals surface area (Å²) in [6, 6.07) is 15.2. The number of benzene rings is 3. The van der Waals surface area contributed by atoms with Crippen LogP contribution < -0.4 is 15.0 Å². The van der Waals surface area contributed by atoms with Crippen LogP contribution in [-0.4, -0.2) is 24.5 Å². The Kier molecular flexibility index (Phi) is 7.48. The molecule has 6 nitrogen and oxygen atoms in total. The quantitative estimate of drug-likeness (QED) is 0.306. The SMILES string of the molecule is CCOc1cc(/C=C2\C(=O)NC(=O)N(c3ccc(C)c(C)c3)C2=O)cc(Cl)c1Cc1ccccc1Cl. The molecule has 36 heavy (non-hydrogen) atoms. The Labute approximate surface area is 219 Å². The number of aryl methyl sites for hydroxylation is 2. The maximum absolute atomic E-state index is 13.3. The normalized spacial score (nSPS) is 14.9. The second-order valence-corrected chi connectivity index (χ2v) is 9.22. The molecule has 0 atom stereocenters. The lowest BCUT2D eigenvalue weighted by atomic mass is 10.00. The van der Waals surface area contributed by atoms with Crippen molar-refractivity contribution in [1.29, 1.82) is 0 Å². The summed E-state index contributed by atoms with van der Waals surface area (Å²) in [7, 11) is 0. The molecule has 1 aliphatic rings. The summed E-state index contributed by atoms with van der Waals surface area (Å²) in [4.78, 5) is 39.4. The lowest BCUT2D eigenvalue weighted by molar-refractivity contribution is -0.122. The molecule has 3 aromatic rings. The first-order valence-corrected chi connectivity index (χ1v) is 12.1. The van der Waals surface area contributed by atoms with E-state index in [9.17, 15) is 14.4 Å².